The molecule has 3 N–H and O–H groups in total. The topological polar surface area (TPSA) is 117 Å². The number of anilines is 2. The molecule has 0 atom stereocenters. The van der Waals surface area contributed by atoms with Crippen LogP contribution in [0.2, 0.25) is 0 Å². The van der Waals surface area contributed by atoms with Gasteiger partial charge in [-0.1, -0.05) is 12.1 Å². The molecule has 2 aromatic heterocycles. The zero-order valence-corrected chi connectivity index (χ0v) is 15.4. The van der Waals surface area contributed by atoms with E-state index in [1.54, 1.807) is 41.8 Å². The maximum atomic E-state index is 12.5. The van der Waals surface area contributed by atoms with Crippen molar-refractivity contribution in [3.63, 3.8) is 0 Å². The van der Waals surface area contributed by atoms with Gasteiger partial charge < -0.3 is 9.73 Å². The number of H-pyrrole nitrogens is 1. The number of benzene rings is 2. The maximum absolute atomic E-state index is 12.5. The fourth-order valence-electron chi connectivity index (χ4n) is 2.68. The van der Waals surface area contributed by atoms with Gasteiger partial charge in [0.15, 0.2) is 10.7 Å². The number of aromatic amines is 1. The zero-order valence-electron chi connectivity index (χ0n) is 14.6. The van der Waals surface area contributed by atoms with Gasteiger partial charge in [0, 0.05) is 29.1 Å². The van der Waals surface area contributed by atoms with Gasteiger partial charge in [-0.25, -0.2) is 9.78 Å². The van der Waals surface area contributed by atoms with Gasteiger partial charge in [0.25, 0.3) is 5.91 Å². The lowest BCUT2D eigenvalue weighted by Crippen LogP contribution is -2.13. The third-order valence-electron chi connectivity index (χ3n) is 3.89. The first-order chi connectivity index (χ1) is 13.5. The first-order valence-electron chi connectivity index (χ1n) is 8.26. The number of fused-ring (bicyclic) bond motifs is 1. The molecule has 4 rings (SSSR count). The van der Waals surface area contributed by atoms with Crippen molar-refractivity contribution in [1.29, 1.82) is 0 Å². The Morgan fingerprint density at radius 3 is 2.82 bits per heavy atom. The number of aromatic nitrogens is 2. The summed E-state index contributed by atoms with van der Waals surface area (Å²) >= 11 is 1.28. The predicted molar refractivity (Wildman–Crippen MR) is 107 cm³/mol. The molecule has 0 saturated carbocycles. The molecule has 0 saturated heterocycles. The second-order valence-corrected chi connectivity index (χ2v) is 6.84. The first kappa shape index (κ1) is 17.7. The molecule has 2 amide bonds. The summed E-state index contributed by atoms with van der Waals surface area (Å²) in [5, 5.41) is 7.62. The number of hydrogen-bond donors (Lipinski definition) is 3. The second-order valence-electron chi connectivity index (χ2n) is 5.98. The van der Waals surface area contributed by atoms with E-state index < -0.39 is 5.76 Å². The third kappa shape index (κ3) is 3.69. The molecule has 2 heterocycles. The lowest BCUT2D eigenvalue weighted by Gasteiger charge is -2.05. The van der Waals surface area contributed by atoms with Crippen LogP contribution in [0, 0.1) is 0 Å². The quantitative estimate of drug-likeness (QED) is 0.490. The Kier molecular flexibility index (Phi) is 4.50. The molecule has 0 radical (unpaired) electrons. The molecule has 4 aromatic rings. The Morgan fingerprint density at radius 2 is 2.00 bits per heavy atom. The number of nitrogens with one attached hydrogen (secondary N) is 3. The molecule has 2 aromatic carbocycles. The van der Waals surface area contributed by atoms with E-state index in [1.165, 1.54) is 18.3 Å². The lowest BCUT2D eigenvalue weighted by atomic mass is 10.1. The van der Waals surface area contributed by atoms with E-state index in [9.17, 15) is 14.4 Å². The van der Waals surface area contributed by atoms with E-state index in [2.05, 4.69) is 20.6 Å². The van der Waals surface area contributed by atoms with Crippen molar-refractivity contribution in [2.75, 3.05) is 10.6 Å². The zero-order chi connectivity index (χ0) is 19.7. The van der Waals surface area contributed by atoms with E-state index in [-0.39, 0.29) is 11.8 Å². The van der Waals surface area contributed by atoms with Gasteiger partial charge in [-0.2, -0.15) is 0 Å². The standard InChI is InChI=1S/C19H14N4O4S/c1-10(24)20-13-4-2-3-12(7-13)17(25)23-18-21-15(9-28-18)11-5-6-14-16(8-11)27-19(26)22-14/h2-9H,1H3,(H,20,24)(H,22,26)(H,21,23,25). The highest BCUT2D eigenvalue weighted by atomic mass is 32.1. The molecule has 0 aliphatic heterocycles. The first-order valence-corrected chi connectivity index (χ1v) is 9.14. The highest BCUT2D eigenvalue weighted by molar-refractivity contribution is 7.14. The van der Waals surface area contributed by atoms with Crippen molar-refractivity contribution in [2.45, 2.75) is 6.92 Å². The smallest absolute Gasteiger partial charge is 0.408 e. The molecule has 0 aliphatic carbocycles. The Labute approximate surface area is 162 Å². The van der Waals surface area contributed by atoms with E-state index in [0.717, 1.165) is 5.56 Å². The molecule has 0 bridgehead atoms. The molecule has 0 aliphatic rings. The molecule has 9 heteroatoms. The number of rotatable bonds is 4. The van der Waals surface area contributed by atoms with E-state index in [1.807, 2.05) is 6.07 Å². The van der Waals surface area contributed by atoms with Crippen molar-refractivity contribution < 1.29 is 14.0 Å². The van der Waals surface area contributed by atoms with Gasteiger partial charge in [0.05, 0.1) is 11.2 Å². The highest BCUT2D eigenvalue weighted by Crippen LogP contribution is 2.27. The summed E-state index contributed by atoms with van der Waals surface area (Å²) in [6.45, 7) is 1.40. The Hall–Kier alpha value is -3.72. The van der Waals surface area contributed by atoms with Gasteiger partial charge in [-0.3, -0.25) is 19.9 Å². The predicted octanol–water partition coefficient (Wildman–Crippen LogP) is 3.46. The number of carbonyl (C=O) groups is 2. The van der Waals surface area contributed by atoms with E-state index >= 15 is 0 Å². The molecule has 0 spiro atoms. The van der Waals surface area contributed by atoms with Gasteiger partial charge >= 0.3 is 5.76 Å². The van der Waals surface area contributed by atoms with Crippen LogP contribution in [0.5, 0.6) is 0 Å². The second kappa shape index (κ2) is 7.12. The summed E-state index contributed by atoms with van der Waals surface area (Å²) in [5.74, 6) is -1.06. The number of amides is 2. The number of hydrogen-bond acceptors (Lipinski definition) is 6. The maximum Gasteiger partial charge on any atom is 0.417 e. The van der Waals surface area contributed by atoms with Crippen LogP contribution in [-0.2, 0) is 4.79 Å². The van der Waals surface area contributed by atoms with Crippen LogP contribution >= 0.6 is 11.3 Å². The van der Waals surface area contributed by atoms with Gasteiger partial charge in [-0.15, -0.1) is 11.3 Å². The Morgan fingerprint density at radius 1 is 1.14 bits per heavy atom. The average molecular weight is 394 g/mol. The molecular weight excluding hydrogens is 380 g/mol. The normalized spacial score (nSPS) is 10.8. The number of carbonyl (C=O) groups excluding carboxylic acids is 2. The summed E-state index contributed by atoms with van der Waals surface area (Å²) in [7, 11) is 0. The summed E-state index contributed by atoms with van der Waals surface area (Å²) in [5.41, 5.74) is 3.41. The molecule has 140 valence electrons. The minimum absolute atomic E-state index is 0.211. The minimum atomic E-state index is -0.514. The van der Waals surface area contributed by atoms with Crippen molar-refractivity contribution in [3.8, 4) is 11.3 Å². The van der Waals surface area contributed by atoms with Gasteiger partial charge in [0.1, 0.15) is 0 Å². The van der Waals surface area contributed by atoms with Crippen molar-refractivity contribution in [3.05, 3.63) is 64.0 Å². The van der Waals surface area contributed by atoms with Gasteiger partial charge in [0.2, 0.25) is 5.91 Å². The fraction of sp³-hybridized carbons (Fsp3) is 0.0526. The summed E-state index contributed by atoms with van der Waals surface area (Å²) in [6.07, 6.45) is 0. The van der Waals surface area contributed by atoms with Crippen LogP contribution in [0.1, 0.15) is 17.3 Å². The number of oxazole rings is 1. The molecular formula is C19H14N4O4S. The SMILES string of the molecule is CC(=O)Nc1cccc(C(=O)Nc2nc(-c3ccc4[nH]c(=O)oc4c3)cs2)c1. The van der Waals surface area contributed by atoms with Crippen LogP contribution in [0.15, 0.2) is 57.1 Å². The number of nitrogens with zero attached hydrogens (tertiary/aromatic N) is 1. The van der Waals surface area contributed by atoms with Crippen LogP contribution < -0.4 is 16.4 Å². The monoisotopic (exact) mass is 394 g/mol. The molecule has 8 nitrogen and oxygen atoms in total. The average Bonchev–Trinajstić information content (AvgIpc) is 3.26. The Bertz CT molecular complexity index is 1250. The van der Waals surface area contributed by atoms with Crippen molar-refractivity contribution >= 4 is 45.1 Å². The number of thiazole rings is 1. The molecule has 0 fully saturated rings. The summed E-state index contributed by atoms with van der Waals surface area (Å²) < 4.78 is 5.06. The van der Waals surface area contributed by atoms with E-state index in [0.29, 0.717) is 33.2 Å². The summed E-state index contributed by atoms with van der Waals surface area (Å²) in [6, 6.07) is 11.9. The van der Waals surface area contributed by atoms with Crippen molar-refractivity contribution in [1.82, 2.24) is 9.97 Å². The molecule has 28 heavy (non-hydrogen) atoms. The summed E-state index contributed by atoms with van der Waals surface area (Å²) in [4.78, 5) is 41.9. The largest absolute Gasteiger partial charge is 0.417 e. The third-order valence-corrected chi connectivity index (χ3v) is 4.64. The Balaban J connectivity index is 1.53. The lowest BCUT2D eigenvalue weighted by molar-refractivity contribution is -0.114. The highest BCUT2D eigenvalue weighted by Gasteiger charge is 2.12. The fourth-order valence-corrected chi connectivity index (χ4v) is 3.39. The minimum Gasteiger partial charge on any atom is -0.408 e. The van der Waals surface area contributed by atoms with E-state index in [4.69, 9.17) is 4.42 Å². The van der Waals surface area contributed by atoms with Crippen molar-refractivity contribution in [2.24, 2.45) is 0 Å². The van der Waals surface area contributed by atoms with Crippen LogP contribution in [-0.4, -0.2) is 21.8 Å². The van der Waals surface area contributed by atoms with Crippen LogP contribution in [0.25, 0.3) is 22.4 Å². The van der Waals surface area contributed by atoms with Gasteiger partial charge in [-0.05, 0) is 30.3 Å². The molecule has 0 unspecified atom stereocenters. The van der Waals surface area contributed by atoms with Crippen LogP contribution in [0.3, 0.4) is 0 Å². The van der Waals surface area contributed by atoms with Crippen LogP contribution in [0.4, 0.5) is 10.8 Å².